The van der Waals surface area contributed by atoms with Gasteiger partial charge in [-0.05, 0) is 44.1 Å². The van der Waals surface area contributed by atoms with Gasteiger partial charge >= 0.3 is 0 Å². The van der Waals surface area contributed by atoms with Gasteiger partial charge in [0, 0.05) is 31.9 Å². The van der Waals surface area contributed by atoms with Crippen LogP contribution in [-0.2, 0) is 9.84 Å². The second kappa shape index (κ2) is 6.97. The Balaban J connectivity index is 1.87. The fraction of sp³-hybridized carbons (Fsp3) is 1.00. The first-order chi connectivity index (χ1) is 9.78. The number of sulfone groups is 1. The molecule has 0 aromatic carbocycles. The summed E-state index contributed by atoms with van der Waals surface area (Å²) in [5.41, 5.74) is 0.349. The standard InChI is InChI=1S/C16H32N2O2S/c1-14-6-8-16(9-7-14,12-17-15-4-5-15)13-18(2)10-11-21(3,19)20/h14-15,17H,4-13H2,1-3H3. The van der Waals surface area contributed by atoms with Gasteiger partial charge in [0.15, 0.2) is 0 Å². The first-order valence-corrected chi connectivity index (χ1v) is 10.4. The van der Waals surface area contributed by atoms with Gasteiger partial charge in [-0.15, -0.1) is 0 Å². The lowest BCUT2D eigenvalue weighted by molar-refractivity contribution is 0.101. The molecule has 0 heterocycles. The molecule has 0 aromatic rings. The molecule has 2 aliphatic carbocycles. The molecule has 2 fully saturated rings. The van der Waals surface area contributed by atoms with Crippen molar-refractivity contribution in [3.05, 3.63) is 0 Å². The predicted octanol–water partition coefficient (Wildman–Crippen LogP) is 1.91. The van der Waals surface area contributed by atoms with Gasteiger partial charge in [0.2, 0.25) is 0 Å². The zero-order valence-electron chi connectivity index (χ0n) is 13.9. The minimum atomic E-state index is -2.86. The highest BCUT2D eigenvalue weighted by Gasteiger charge is 2.36. The first kappa shape index (κ1) is 17.2. The van der Waals surface area contributed by atoms with E-state index >= 15 is 0 Å². The molecule has 0 unspecified atom stereocenters. The van der Waals surface area contributed by atoms with Crippen molar-refractivity contribution in [2.75, 3.05) is 38.7 Å². The van der Waals surface area contributed by atoms with Crippen LogP contribution in [0.15, 0.2) is 0 Å². The molecule has 21 heavy (non-hydrogen) atoms. The van der Waals surface area contributed by atoms with Crippen LogP contribution in [0.2, 0.25) is 0 Å². The van der Waals surface area contributed by atoms with Crippen LogP contribution in [0.1, 0.15) is 45.4 Å². The molecule has 0 bridgehead atoms. The number of rotatable bonds is 8. The van der Waals surface area contributed by atoms with Gasteiger partial charge in [0.05, 0.1) is 5.75 Å². The van der Waals surface area contributed by atoms with E-state index in [-0.39, 0.29) is 5.75 Å². The minimum Gasteiger partial charge on any atom is -0.313 e. The number of nitrogens with one attached hydrogen (secondary N) is 1. The summed E-state index contributed by atoms with van der Waals surface area (Å²) in [7, 11) is -0.790. The van der Waals surface area contributed by atoms with Crippen molar-refractivity contribution < 1.29 is 8.42 Å². The van der Waals surface area contributed by atoms with Crippen LogP contribution in [0, 0.1) is 11.3 Å². The SMILES string of the molecule is CC1CCC(CNC2CC2)(CN(C)CCS(C)(=O)=O)CC1. The summed E-state index contributed by atoms with van der Waals surface area (Å²) in [4.78, 5) is 2.23. The monoisotopic (exact) mass is 316 g/mol. The fourth-order valence-electron chi connectivity index (χ4n) is 3.39. The Labute approximate surface area is 130 Å². The molecular formula is C16H32N2O2S. The molecule has 2 saturated carbocycles. The van der Waals surface area contributed by atoms with E-state index in [1.54, 1.807) is 0 Å². The summed E-state index contributed by atoms with van der Waals surface area (Å²) in [5.74, 6) is 1.12. The summed E-state index contributed by atoms with van der Waals surface area (Å²) >= 11 is 0. The van der Waals surface area contributed by atoms with Crippen LogP contribution >= 0.6 is 0 Å². The summed E-state index contributed by atoms with van der Waals surface area (Å²) in [5, 5.41) is 3.71. The molecule has 1 N–H and O–H groups in total. The van der Waals surface area contributed by atoms with E-state index in [0.29, 0.717) is 12.0 Å². The predicted molar refractivity (Wildman–Crippen MR) is 88.3 cm³/mol. The van der Waals surface area contributed by atoms with Crippen LogP contribution in [-0.4, -0.2) is 58.1 Å². The van der Waals surface area contributed by atoms with Gasteiger partial charge in [-0.25, -0.2) is 8.42 Å². The van der Waals surface area contributed by atoms with Crippen molar-refractivity contribution in [1.29, 1.82) is 0 Å². The van der Waals surface area contributed by atoms with Gasteiger partial charge in [0.1, 0.15) is 9.84 Å². The molecular weight excluding hydrogens is 284 g/mol. The topological polar surface area (TPSA) is 49.4 Å². The lowest BCUT2D eigenvalue weighted by Crippen LogP contribution is -2.46. The molecule has 0 aromatic heterocycles. The highest BCUT2D eigenvalue weighted by molar-refractivity contribution is 7.90. The molecule has 4 nitrogen and oxygen atoms in total. The van der Waals surface area contributed by atoms with E-state index in [0.717, 1.165) is 25.0 Å². The van der Waals surface area contributed by atoms with Gasteiger partial charge < -0.3 is 10.2 Å². The third-order valence-corrected chi connectivity index (χ3v) is 6.05. The number of hydrogen-bond donors (Lipinski definition) is 1. The molecule has 0 aliphatic heterocycles. The lowest BCUT2D eigenvalue weighted by atomic mass is 9.70. The van der Waals surface area contributed by atoms with Crippen LogP contribution in [0.4, 0.5) is 0 Å². The smallest absolute Gasteiger partial charge is 0.148 e. The highest BCUT2D eigenvalue weighted by atomic mass is 32.2. The van der Waals surface area contributed by atoms with E-state index in [1.165, 1.54) is 44.8 Å². The minimum absolute atomic E-state index is 0.270. The van der Waals surface area contributed by atoms with Crippen molar-refractivity contribution in [1.82, 2.24) is 10.2 Å². The maximum absolute atomic E-state index is 11.3. The van der Waals surface area contributed by atoms with Crippen molar-refractivity contribution in [3.8, 4) is 0 Å². The van der Waals surface area contributed by atoms with Crippen LogP contribution in [0.5, 0.6) is 0 Å². The van der Waals surface area contributed by atoms with Crippen molar-refractivity contribution in [3.63, 3.8) is 0 Å². The maximum Gasteiger partial charge on any atom is 0.148 e. The average molecular weight is 317 g/mol. The number of hydrogen-bond acceptors (Lipinski definition) is 4. The zero-order chi connectivity index (χ0) is 15.5. The van der Waals surface area contributed by atoms with Gasteiger partial charge in [0.25, 0.3) is 0 Å². The van der Waals surface area contributed by atoms with E-state index in [9.17, 15) is 8.42 Å². The molecule has 0 radical (unpaired) electrons. The fourth-order valence-corrected chi connectivity index (χ4v) is 4.03. The third kappa shape index (κ3) is 6.25. The molecule has 0 saturated heterocycles. The molecule has 0 atom stereocenters. The maximum atomic E-state index is 11.3. The van der Waals surface area contributed by atoms with Gasteiger partial charge in [-0.1, -0.05) is 19.8 Å². The van der Waals surface area contributed by atoms with E-state index < -0.39 is 9.84 Å². The van der Waals surface area contributed by atoms with Crippen molar-refractivity contribution in [2.24, 2.45) is 11.3 Å². The van der Waals surface area contributed by atoms with E-state index in [2.05, 4.69) is 24.2 Å². The van der Waals surface area contributed by atoms with Crippen LogP contribution in [0.25, 0.3) is 0 Å². The van der Waals surface area contributed by atoms with Gasteiger partial charge in [-0.2, -0.15) is 0 Å². The molecule has 2 aliphatic rings. The lowest BCUT2D eigenvalue weighted by Gasteiger charge is -2.42. The second-order valence-electron chi connectivity index (χ2n) is 7.71. The summed E-state index contributed by atoms with van der Waals surface area (Å²) in [6, 6.07) is 0.752. The Bertz CT molecular complexity index is 424. The van der Waals surface area contributed by atoms with Crippen molar-refractivity contribution in [2.45, 2.75) is 51.5 Å². The van der Waals surface area contributed by atoms with Crippen molar-refractivity contribution >= 4 is 9.84 Å². The number of nitrogens with zero attached hydrogens (tertiary/aromatic N) is 1. The Hall–Kier alpha value is -0.130. The molecule has 2 rings (SSSR count). The van der Waals surface area contributed by atoms with E-state index in [4.69, 9.17) is 0 Å². The van der Waals surface area contributed by atoms with Gasteiger partial charge in [-0.3, -0.25) is 0 Å². The Morgan fingerprint density at radius 1 is 1.19 bits per heavy atom. The Morgan fingerprint density at radius 2 is 1.81 bits per heavy atom. The van der Waals surface area contributed by atoms with Crippen LogP contribution < -0.4 is 5.32 Å². The average Bonchev–Trinajstić information content (AvgIpc) is 3.21. The largest absolute Gasteiger partial charge is 0.313 e. The molecule has 0 amide bonds. The molecule has 0 spiro atoms. The third-order valence-electron chi connectivity index (χ3n) is 5.13. The molecule has 124 valence electrons. The second-order valence-corrected chi connectivity index (χ2v) is 9.97. The quantitative estimate of drug-likeness (QED) is 0.743. The Morgan fingerprint density at radius 3 is 2.33 bits per heavy atom. The highest BCUT2D eigenvalue weighted by Crippen LogP contribution is 2.39. The molecule has 5 heteroatoms. The summed E-state index contributed by atoms with van der Waals surface area (Å²) in [6.07, 6.45) is 9.16. The summed E-state index contributed by atoms with van der Waals surface area (Å²) in [6.45, 7) is 5.13. The normalized spacial score (nSPS) is 30.8. The summed E-state index contributed by atoms with van der Waals surface area (Å²) < 4.78 is 22.7. The Kier molecular flexibility index (Phi) is 5.71. The first-order valence-electron chi connectivity index (χ1n) is 8.38. The van der Waals surface area contributed by atoms with Crippen LogP contribution in [0.3, 0.4) is 0 Å². The zero-order valence-corrected chi connectivity index (χ0v) is 14.7. The van der Waals surface area contributed by atoms with E-state index in [1.807, 2.05) is 0 Å².